The van der Waals surface area contributed by atoms with Crippen LogP contribution in [-0.2, 0) is 13.0 Å². The van der Waals surface area contributed by atoms with Gasteiger partial charge in [-0.05, 0) is 23.3 Å². The first kappa shape index (κ1) is 16.5. The first-order valence-corrected chi connectivity index (χ1v) is 8.90. The molecule has 0 aliphatic heterocycles. The van der Waals surface area contributed by atoms with Crippen LogP contribution in [-0.4, -0.2) is 24.5 Å². The monoisotopic (exact) mass is 338 g/mol. The van der Waals surface area contributed by atoms with Crippen LogP contribution in [0.2, 0.25) is 0 Å². The zero-order chi connectivity index (χ0) is 16.8. The molecule has 0 spiro atoms. The summed E-state index contributed by atoms with van der Waals surface area (Å²) in [6, 6.07) is 14.8. The molecule has 5 heteroatoms. The van der Waals surface area contributed by atoms with Crippen LogP contribution in [0, 0.1) is 6.92 Å². The van der Waals surface area contributed by atoms with Crippen LogP contribution in [0.1, 0.15) is 15.4 Å². The smallest absolute Gasteiger partial charge is 0.191 e. The van der Waals surface area contributed by atoms with Crippen molar-refractivity contribution in [1.82, 2.24) is 15.6 Å². The van der Waals surface area contributed by atoms with E-state index in [9.17, 15) is 0 Å². The fourth-order valence-corrected chi connectivity index (χ4v) is 3.44. The van der Waals surface area contributed by atoms with Crippen molar-refractivity contribution in [3.05, 3.63) is 64.1 Å². The lowest BCUT2D eigenvalue weighted by molar-refractivity contribution is 0.794. The van der Waals surface area contributed by atoms with Gasteiger partial charge in [-0.1, -0.05) is 42.5 Å². The predicted molar refractivity (Wildman–Crippen MR) is 103 cm³/mol. The summed E-state index contributed by atoms with van der Waals surface area (Å²) in [5.41, 5.74) is 1.27. The molecule has 0 radical (unpaired) electrons. The molecule has 2 N–H and O–H groups in total. The third-order valence-corrected chi connectivity index (χ3v) is 4.82. The van der Waals surface area contributed by atoms with E-state index in [4.69, 9.17) is 0 Å². The number of nitrogens with one attached hydrogen (secondary N) is 2. The van der Waals surface area contributed by atoms with Crippen LogP contribution >= 0.6 is 11.3 Å². The second-order valence-corrected chi connectivity index (χ2v) is 6.92. The Morgan fingerprint density at radius 3 is 2.75 bits per heavy atom. The van der Waals surface area contributed by atoms with E-state index in [0.717, 1.165) is 30.5 Å². The van der Waals surface area contributed by atoms with Crippen molar-refractivity contribution in [1.29, 1.82) is 0 Å². The molecule has 124 valence electrons. The third-order valence-electron chi connectivity index (χ3n) is 3.85. The largest absolute Gasteiger partial charge is 0.356 e. The molecular formula is C19H22N4S. The minimum absolute atomic E-state index is 0.747. The molecule has 0 aliphatic carbocycles. The first-order valence-electron chi connectivity index (χ1n) is 8.09. The maximum atomic E-state index is 4.38. The lowest BCUT2D eigenvalue weighted by Crippen LogP contribution is -2.37. The Labute approximate surface area is 146 Å². The zero-order valence-electron chi connectivity index (χ0n) is 14.0. The second kappa shape index (κ2) is 7.93. The van der Waals surface area contributed by atoms with Gasteiger partial charge >= 0.3 is 0 Å². The van der Waals surface area contributed by atoms with Crippen molar-refractivity contribution < 1.29 is 0 Å². The summed E-state index contributed by atoms with van der Waals surface area (Å²) in [5.74, 6) is 0.816. The number of benzene rings is 2. The number of nitrogens with zero attached hydrogens (tertiary/aromatic N) is 2. The Kier molecular flexibility index (Phi) is 5.43. The topological polar surface area (TPSA) is 49.3 Å². The molecule has 1 heterocycles. The van der Waals surface area contributed by atoms with Crippen molar-refractivity contribution in [2.45, 2.75) is 19.9 Å². The summed E-state index contributed by atoms with van der Waals surface area (Å²) < 4.78 is 0. The van der Waals surface area contributed by atoms with E-state index in [0.29, 0.717) is 0 Å². The summed E-state index contributed by atoms with van der Waals surface area (Å²) in [4.78, 5) is 9.93. The maximum Gasteiger partial charge on any atom is 0.191 e. The molecule has 0 atom stereocenters. The molecule has 3 rings (SSSR count). The number of guanidine groups is 1. The average molecular weight is 338 g/mol. The molecule has 1 aromatic heterocycles. The van der Waals surface area contributed by atoms with Gasteiger partial charge in [-0.25, -0.2) is 4.98 Å². The molecule has 0 saturated carbocycles. The van der Waals surface area contributed by atoms with Crippen LogP contribution in [0.3, 0.4) is 0 Å². The maximum absolute atomic E-state index is 4.38. The van der Waals surface area contributed by atoms with E-state index < -0.39 is 0 Å². The number of hydrogen-bond acceptors (Lipinski definition) is 3. The number of aliphatic imine (C=N–C) groups is 1. The molecule has 0 aliphatic rings. The molecule has 0 amide bonds. The SMILES string of the molecule is CN=C(NCCc1ncc(C)s1)NCc1cccc2ccccc12. The second-order valence-electron chi connectivity index (χ2n) is 5.61. The van der Waals surface area contributed by atoms with Crippen molar-refractivity contribution in [3.63, 3.8) is 0 Å². The van der Waals surface area contributed by atoms with E-state index in [1.807, 2.05) is 6.20 Å². The molecule has 4 nitrogen and oxygen atoms in total. The summed E-state index contributed by atoms with van der Waals surface area (Å²) in [5, 5.41) is 10.4. The van der Waals surface area contributed by atoms with Gasteiger partial charge in [0, 0.05) is 37.6 Å². The lowest BCUT2D eigenvalue weighted by atomic mass is 10.0. The Hall–Kier alpha value is -2.40. The van der Waals surface area contributed by atoms with E-state index in [1.54, 1.807) is 18.4 Å². The number of rotatable bonds is 5. The summed E-state index contributed by atoms with van der Waals surface area (Å²) in [6.07, 6.45) is 2.83. The van der Waals surface area contributed by atoms with Crippen LogP contribution < -0.4 is 10.6 Å². The number of thiazole rings is 1. The van der Waals surface area contributed by atoms with Crippen molar-refractivity contribution in [2.75, 3.05) is 13.6 Å². The highest BCUT2D eigenvalue weighted by Crippen LogP contribution is 2.18. The quantitative estimate of drug-likeness (QED) is 0.553. The van der Waals surface area contributed by atoms with E-state index >= 15 is 0 Å². The number of aromatic nitrogens is 1. The predicted octanol–water partition coefficient (Wildman–Crippen LogP) is 3.51. The Balaban J connectivity index is 1.55. The Morgan fingerprint density at radius 2 is 1.96 bits per heavy atom. The Morgan fingerprint density at radius 1 is 1.12 bits per heavy atom. The van der Waals surface area contributed by atoms with Crippen molar-refractivity contribution in [2.24, 2.45) is 4.99 Å². The fraction of sp³-hybridized carbons (Fsp3) is 0.263. The van der Waals surface area contributed by atoms with Crippen LogP contribution in [0.5, 0.6) is 0 Å². The van der Waals surface area contributed by atoms with Crippen molar-refractivity contribution in [3.8, 4) is 0 Å². The van der Waals surface area contributed by atoms with Gasteiger partial charge in [-0.3, -0.25) is 4.99 Å². The van der Waals surface area contributed by atoms with Gasteiger partial charge in [-0.2, -0.15) is 0 Å². The van der Waals surface area contributed by atoms with E-state index in [1.165, 1.54) is 21.2 Å². The van der Waals surface area contributed by atoms with Gasteiger partial charge in [0.15, 0.2) is 5.96 Å². The summed E-state index contributed by atoms with van der Waals surface area (Å²) >= 11 is 1.75. The average Bonchev–Trinajstić information content (AvgIpc) is 3.03. The van der Waals surface area contributed by atoms with Gasteiger partial charge in [-0.15, -0.1) is 11.3 Å². The zero-order valence-corrected chi connectivity index (χ0v) is 14.9. The molecular weight excluding hydrogens is 316 g/mol. The van der Waals surface area contributed by atoms with Crippen LogP contribution in [0.25, 0.3) is 10.8 Å². The number of hydrogen-bond donors (Lipinski definition) is 2. The highest BCUT2D eigenvalue weighted by Gasteiger charge is 2.03. The molecule has 2 aromatic carbocycles. The standard InChI is InChI=1S/C19H22N4S/c1-14-12-22-18(24-14)10-11-21-19(20-2)23-13-16-8-5-7-15-6-3-4-9-17(15)16/h3-9,12H,10-11,13H2,1-2H3,(H2,20,21,23). The number of aryl methyl sites for hydroxylation is 1. The van der Waals surface area contributed by atoms with Gasteiger partial charge in [0.25, 0.3) is 0 Å². The molecule has 0 unspecified atom stereocenters. The molecule has 0 saturated heterocycles. The molecule has 0 fully saturated rings. The molecule has 0 bridgehead atoms. The van der Waals surface area contributed by atoms with Crippen molar-refractivity contribution >= 4 is 28.1 Å². The minimum atomic E-state index is 0.747. The Bertz CT molecular complexity index is 833. The van der Waals surface area contributed by atoms with Gasteiger partial charge in [0.05, 0.1) is 5.01 Å². The first-order chi connectivity index (χ1) is 11.8. The fourth-order valence-electron chi connectivity index (χ4n) is 2.65. The van der Waals surface area contributed by atoms with Crippen LogP contribution in [0.4, 0.5) is 0 Å². The minimum Gasteiger partial charge on any atom is -0.356 e. The lowest BCUT2D eigenvalue weighted by Gasteiger charge is -2.13. The van der Waals surface area contributed by atoms with Gasteiger partial charge in [0.2, 0.25) is 0 Å². The van der Waals surface area contributed by atoms with Gasteiger partial charge < -0.3 is 10.6 Å². The molecule has 24 heavy (non-hydrogen) atoms. The molecule has 3 aromatic rings. The number of fused-ring (bicyclic) bond motifs is 1. The third kappa shape index (κ3) is 4.11. The van der Waals surface area contributed by atoms with Gasteiger partial charge in [0.1, 0.15) is 0 Å². The van der Waals surface area contributed by atoms with E-state index in [-0.39, 0.29) is 0 Å². The van der Waals surface area contributed by atoms with Crippen LogP contribution in [0.15, 0.2) is 53.7 Å². The summed E-state index contributed by atoms with van der Waals surface area (Å²) in [6.45, 7) is 3.65. The summed E-state index contributed by atoms with van der Waals surface area (Å²) in [7, 11) is 1.80. The van der Waals surface area contributed by atoms with E-state index in [2.05, 4.69) is 70.0 Å². The highest BCUT2D eigenvalue weighted by atomic mass is 32.1. The highest BCUT2D eigenvalue weighted by molar-refractivity contribution is 7.11. The normalized spacial score (nSPS) is 11.7.